The number of anilines is 1. The molecule has 0 unspecified atom stereocenters. The quantitative estimate of drug-likeness (QED) is 0.609. The molecule has 3 amide bonds. The van der Waals surface area contributed by atoms with Crippen LogP contribution in [0.1, 0.15) is 32.6 Å². The number of carbonyl (C=O) groups excluding carboxylic acids is 4. The lowest BCUT2D eigenvalue weighted by atomic mass is 9.81. The number of amides is 3. The molecule has 1 N–H and O–H groups in total. The summed E-state index contributed by atoms with van der Waals surface area (Å²) in [6.07, 6.45) is 2.98. The van der Waals surface area contributed by atoms with Crippen molar-refractivity contribution >= 4 is 29.4 Å². The maximum Gasteiger partial charge on any atom is 0.329 e. The normalized spacial score (nSPS) is 22.6. The van der Waals surface area contributed by atoms with Crippen LogP contribution in [0.4, 0.5) is 14.5 Å². The summed E-state index contributed by atoms with van der Waals surface area (Å²) < 4.78 is 31.3. The Morgan fingerprint density at radius 3 is 2.36 bits per heavy atom. The maximum atomic E-state index is 13.5. The van der Waals surface area contributed by atoms with Crippen molar-refractivity contribution in [3.63, 3.8) is 0 Å². The van der Waals surface area contributed by atoms with Gasteiger partial charge in [-0.3, -0.25) is 19.3 Å². The molecule has 3 rings (SSSR count). The molecule has 150 valence electrons. The number of esters is 1. The van der Waals surface area contributed by atoms with Crippen molar-refractivity contribution in [1.82, 2.24) is 4.90 Å². The van der Waals surface area contributed by atoms with Crippen LogP contribution in [0.25, 0.3) is 0 Å². The highest BCUT2D eigenvalue weighted by atomic mass is 19.1. The van der Waals surface area contributed by atoms with E-state index in [0.29, 0.717) is 18.9 Å². The van der Waals surface area contributed by atoms with Gasteiger partial charge in [-0.1, -0.05) is 12.8 Å². The summed E-state index contributed by atoms with van der Waals surface area (Å²) >= 11 is 0. The SMILES string of the molecule is C[C@@H](C(=O)OCC(=O)Nc1ccc(F)cc1F)N1C(=O)[C@H]2CCCC[C@@H]2C1=O. The Kier molecular flexibility index (Phi) is 5.71. The Bertz CT molecular complexity index is 805. The number of hydrogen-bond donors (Lipinski definition) is 1. The molecule has 0 bridgehead atoms. The van der Waals surface area contributed by atoms with E-state index in [1.165, 1.54) is 6.92 Å². The van der Waals surface area contributed by atoms with Crippen LogP contribution < -0.4 is 5.32 Å². The molecule has 0 spiro atoms. The molecular weight excluding hydrogens is 374 g/mol. The Hall–Kier alpha value is -2.84. The lowest BCUT2D eigenvalue weighted by Crippen LogP contribution is -2.45. The first-order valence-corrected chi connectivity index (χ1v) is 9.08. The van der Waals surface area contributed by atoms with Crippen LogP contribution in [0.2, 0.25) is 0 Å². The molecule has 2 aliphatic rings. The molecule has 1 aromatic rings. The third-order valence-electron chi connectivity index (χ3n) is 5.15. The number of likely N-dealkylation sites (tertiary alicyclic amines) is 1. The molecule has 2 fully saturated rings. The van der Waals surface area contributed by atoms with Crippen molar-refractivity contribution in [2.75, 3.05) is 11.9 Å². The van der Waals surface area contributed by atoms with Crippen LogP contribution in [0.3, 0.4) is 0 Å². The summed E-state index contributed by atoms with van der Waals surface area (Å²) in [5.41, 5.74) is -0.260. The van der Waals surface area contributed by atoms with Crippen molar-refractivity contribution < 1.29 is 32.7 Å². The molecule has 1 saturated carbocycles. The van der Waals surface area contributed by atoms with Crippen molar-refractivity contribution in [3.8, 4) is 0 Å². The average Bonchev–Trinajstić information content (AvgIpc) is 2.92. The number of hydrogen-bond acceptors (Lipinski definition) is 5. The minimum atomic E-state index is -1.15. The van der Waals surface area contributed by atoms with Gasteiger partial charge in [0, 0.05) is 6.07 Å². The molecule has 7 nitrogen and oxygen atoms in total. The Balaban J connectivity index is 1.56. The van der Waals surface area contributed by atoms with Crippen molar-refractivity contribution in [2.24, 2.45) is 11.8 Å². The molecule has 0 aromatic heterocycles. The van der Waals surface area contributed by atoms with E-state index in [4.69, 9.17) is 4.74 Å². The van der Waals surface area contributed by atoms with E-state index < -0.39 is 36.2 Å². The topological polar surface area (TPSA) is 92.8 Å². The summed E-state index contributed by atoms with van der Waals surface area (Å²) in [6.45, 7) is 0.635. The molecule has 9 heteroatoms. The maximum absolute atomic E-state index is 13.5. The fraction of sp³-hybridized carbons (Fsp3) is 0.474. The summed E-state index contributed by atoms with van der Waals surface area (Å²) in [7, 11) is 0. The number of carbonyl (C=O) groups is 4. The van der Waals surface area contributed by atoms with Crippen LogP contribution in [-0.4, -0.2) is 41.2 Å². The van der Waals surface area contributed by atoms with E-state index in [2.05, 4.69) is 5.32 Å². The minimum absolute atomic E-state index is 0.260. The van der Waals surface area contributed by atoms with E-state index in [-0.39, 0.29) is 29.3 Å². The molecule has 3 atom stereocenters. The number of ether oxygens (including phenoxy) is 1. The van der Waals surface area contributed by atoms with Crippen molar-refractivity contribution in [3.05, 3.63) is 29.8 Å². The summed E-state index contributed by atoms with van der Waals surface area (Å²) in [4.78, 5) is 50.0. The molecule has 1 aromatic carbocycles. The van der Waals surface area contributed by atoms with Gasteiger partial charge in [0.05, 0.1) is 17.5 Å². The van der Waals surface area contributed by atoms with Crippen molar-refractivity contribution in [1.29, 1.82) is 0 Å². The molecule has 28 heavy (non-hydrogen) atoms. The van der Waals surface area contributed by atoms with Gasteiger partial charge in [0.1, 0.15) is 17.7 Å². The fourth-order valence-electron chi connectivity index (χ4n) is 3.71. The van der Waals surface area contributed by atoms with Gasteiger partial charge in [-0.25, -0.2) is 13.6 Å². The summed E-state index contributed by atoms with van der Waals surface area (Å²) in [5.74, 6) is -5.04. The van der Waals surface area contributed by atoms with Gasteiger partial charge in [-0.05, 0) is 31.9 Å². The lowest BCUT2D eigenvalue weighted by molar-refractivity contribution is -0.159. The Morgan fingerprint density at radius 1 is 1.18 bits per heavy atom. The second-order valence-corrected chi connectivity index (χ2v) is 7.00. The number of nitrogens with one attached hydrogen (secondary N) is 1. The highest BCUT2D eigenvalue weighted by Crippen LogP contribution is 2.38. The van der Waals surface area contributed by atoms with Gasteiger partial charge in [0.15, 0.2) is 6.61 Å². The highest BCUT2D eigenvalue weighted by molar-refractivity contribution is 6.08. The molecule has 1 heterocycles. The Labute approximate surface area is 160 Å². The lowest BCUT2D eigenvalue weighted by Gasteiger charge is -2.21. The molecule has 0 radical (unpaired) electrons. The third-order valence-corrected chi connectivity index (χ3v) is 5.15. The predicted octanol–water partition coefficient (Wildman–Crippen LogP) is 2.01. The van der Waals surface area contributed by atoms with Gasteiger partial charge < -0.3 is 10.1 Å². The predicted molar refractivity (Wildman–Crippen MR) is 92.7 cm³/mol. The van der Waals surface area contributed by atoms with Gasteiger partial charge >= 0.3 is 5.97 Å². The largest absolute Gasteiger partial charge is 0.454 e. The molecule has 1 aliphatic heterocycles. The van der Waals surface area contributed by atoms with E-state index >= 15 is 0 Å². The second-order valence-electron chi connectivity index (χ2n) is 7.00. The van der Waals surface area contributed by atoms with Crippen LogP contribution in [0, 0.1) is 23.5 Å². The van der Waals surface area contributed by atoms with Gasteiger partial charge in [0.2, 0.25) is 11.8 Å². The Morgan fingerprint density at radius 2 is 1.79 bits per heavy atom. The first-order valence-electron chi connectivity index (χ1n) is 9.08. The van der Waals surface area contributed by atoms with E-state index in [0.717, 1.165) is 29.9 Å². The van der Waals surface area contributed by atoms with Crippen LogP contribution in [-0.2, 0) is 23.9 Å². The van der Waals surface area contributed by atoms with Gasteiger partial charge in [-0.15, -0.1) is 0 Å². The number of fused-ring (bicyclic) bond motifs is 1. The number of benzene rings is 1. The standard InChI is InChI=1S/C19H20F2N2O5/c1-10(23-17(25)12-4-2-3-5-13(12)18(23)26)19(27)28-9-16(24)22-15-7-6-11(20)8-14(15)21/h6-8,10,12-13H,2-5,9H2,1H3,(H,22,24)/t10-,12-,13-/m0/s1. The van der Waals surface area contributed by atoms with Crippen LogP contribution >= 0.6 is 0 Å². The van der Waals surface area contributed by atoms with Gasteiger partial charge in [-0.2, -0.15) is 0 Å². The number of nitrogens with zero attached hydrogens (tertiary/aromatic N) is 1. The number of rotatable bonds is 5. The first-order chi connectivity index (χ1) is 13.3. The number of imide groups is 1. The summed E-state index contributed by atoms with van der Waals surface area (Å²) in [5, 5.41) is 2.15. The van der Waals surface area contributed by atoms with E-state index in [1.807, 2.05) is 0 Å². The van der Waals surface area contributed by atoms with Crippen LogP contribution in [0.5, 0.6) is 0 Å². The molecule has 1 saturated heterocycles. The van der Waals surface area contributed by atoms with Crippen LogP contribution in [0.15, 0.2) is 18.2 Å². The second kappa shape index (κ2) is 8.04. The summed E-state index contributed by atoms with van der Waals surface area (Å²) in [6, 6.07) is 1.46. The molecule has 1 aliphatic carbocycles. The van der Waals surface area contributed by atoms with E-state index in [9.17, 15) is 28.0 Å². The molecular formula is C19H20F2N2O5. The zero-order chi connectivity index (χ0) is 20.4. The first kappa shape index (κ1) is 19.9. The highest BCUT2D eigenvalue weighted by Gasteiger charge is 2.51. The third kappa shape index (κ3) is 3.88. The fourth-order valence-corrected chi connectivity index (χ4v) is 3.71. The zero-order valence-corrected chi connectivity index (χ0v) is 15.2. The van der Waals surface area contributed by atoms with Gasteiger partial charge in [0.25, 0.3) is 5.91 Å². The number of halogens is 2. The minimum Gasteiger partial charge on any atom is -0.454 e. The monoisotopic (exact) mass is 394 g/mol. The van der Waals surface area contributed by atoms with E-state index in [1.54, 1.807) is 0 Å². The smallest absolute Gasteiger partial charge is 0.329 e. The van der Waals surface area contributed by atoms with Crippen molar-refractivity contribution in [2.45, 2.75) is 38.6 Å². The zero-order valence-electron chi connectivity index (χ0n) is 15.2. The average molecular weight is 394 g/mol.